The van der Waals surface area contributed by atoms with Crippen molar-refractivity contribution in [3.63, 3.8) is 0 Å². The summed E-state index contributed by atoms with van der Waals surface area (Å²) in [7, 11) is -3.58. The van der Waals surface area contributed by atoms with E-state index in [-0.39, 0.29) is 11.4 Å². The van der Waals surface area contributed by atoms with Crippen molar-refractivity contribution in [2.24, 2.45) is 5.92 Å². The maximum atomic E-state index is 11.9. The smallest absolute Gasteiger partial charge is 0.325 e. The SMILES string of the molecule is O=C(O)Cn1cc(S(=O)(=O)NCCC2CCC2)cn1. The van der Waals surface area contributed by atoms with Gasteiger partial charge in [0.1, 0.15) is 11.4 Å². The highest BCUT2D eigenvalue weighted by molar-refractivity contribution is 7.89. The third kappa shape index (κ3) is 3.77. The van der Waals surface area contributed by atoms with E-state index >= 15 is 0 Å². The molecule has 19 heavy (non-hydrogen) atoms. The fourth-order valence-corrected chi connectivity index (χ4v) is 2.97. The fraction of sp³-hybridized carbons (Fsp3) is 0.636. The summed E-state index contributed by atoms with van der Waals surface area (Å²) in [5.41, 5.74) is 0. The van der Waals surface area contributed by atoms with Gasteiger partial charge >= 0.3 is 5.97 Å². The van der Waals surface area contributed by atoms with Crippen LogP contribution in [0.15, 0.2) is 17.3 Å². The highest BCUT2D eigenvalue weighted by Crippen LogP contribution is 2.28. The molecule has 0 unspecified atom stereocenters. The van der Waals surface area contributed by atoms with Crippen molar-refractivity contribution in [1.29, 1.82) is 0 Å². The van der Waals surface area contributed by atoms with Gasteiger partial charge < -0.3 is 5.11 Å². The zero-order valence-corrected chi connectivity index (χ0v) is 11.3. The zero-order chi connectivity index (χ0) is 13.9. The third-order valence-corrected chi connectivity index (χ3v) is 4.70. The van der Waals surface area contributed by atoms with Crippen molar-refractivity contribution in [2.45, 2.75) is 37.1 Å². The molecule has 2 rings (SSSR count). The molecule has 2 N–H and O–H groups in total. The zero-order valence-electron chi connectivity index (χ0n) is 10.4. The van der Waals surface area contributed by atoms with Crippen LogP contribution in [-0.2, 0) is 21.4 Å². The topological polar surface area (TPSA) is 101 Å². The summed E-state index contributed by atoms with van der Waals surface area (Å²) in [4.78, 5) is 10.5. The first-order valence-corrected chi connectivity index (χ1v) is 7.69. The van der Waals surface area contributed by atoms with Gasteiger partial charge in [-0.1, -0.05) is 19.3 Å². The van der Waals surface area contributed by atoms with Crippen LogP contribution >= 0.6 is 0 Å². The van der Waals surface area contributed by atoms with Crippen LogP contribution < -0.4 is 4.72 Å². The number of nitrogens with zero attached hydrogens (tertiary/aromatic N) is 2. The molecule has 1 fully saturated rings. The molecule has 0 bridgehead atoms. The average Bonchev–Trinajstić information content (AvgIpc) is 2.70. The van der Waals surface area contributed by atoms with Crippen molar-refractivity contribution in [1.82, 2.24) is 14.5 Å². The summed E-state index contributed by atoms with van der Waals surface area (Å²) in [5, 5.41) is 12.3. The molecule has 7 nitrogen and oxygen atoms in total. The number of carbonyl (C=O) groups is 1. The van der Waals surface area contributed by atoms with Gasteiger partial charge in [0.15, 0.2) is 0 Å². The molecule has 8 heteroatoms. The molecule has 0 amide bonds. The first-order chi connectivity index (χ1) is 8.97. The van der Waals surface area contributed by atoms with Crippen LogP contribution in [0.2, 0.25) is 0 Å². The largest absolute Gasteiger partial charge is 0.480 e. The lowest BCUT2D eigenvalue weighted by molar-refractivity contribution is -0.137. The van der Waals surface area contributed by atoms with Crippen LogP contribution in [-0.4, -0.2) is 35.8 Å². The number of nitrogens with one attached hydrogen (secondary N) is 1. The van der Waals surface area contributed by atoms with Crippen LogP contribution in [0.3, 0.4) is 0 Å². The Morgan fingerprint density at radius 1 is 1.53 bits per heavy atom. The molecule has 1 aromatic rings. The summed E-state index contributed by atoms with van der Waals surface area (Å²) >= 11 is 0. The molecule has 0 aliphatic heterocycles. The maximum Gasteiger partial charge on any atom is 0.325 e. The van der Waals surface area contributed by atoms with Gasteiger partial charge in [-0.3, -0.25) is 9.48 Å². The van der Waals surface area contributed by atoms with Crippen LogP contribution in [0.5, 0.6) is 0 Å². The minimum Gasteiger partial charge on any atom is -0.480 e. The van der Waals surface area contributed by atoms with E-state index in [0.29, 0.717) is 12.5 Å². The van der Waals surface area contributed by atoms with Crippen molar-refractivity contribution in [3.05, 3.63) is 12.4 Å². The monoisotopic (exact) mass is 287 g/mol. The summed E-state index contributed by atoms with van der Waals surface area (Å²) in [5.74, 6) is -0.428. The second kappa shape index (κ2) is 5.70. The maximum absolute atomic E-state index is 11.9. The number of aromatic nitrogens is 2. The van der Waals surface area contributed by atoms with E-state index < -0.39 is 16.0 Å². The van der Waals surface area contributed by atoms with Gasteiger partial charge in [-0.25, -0.2) is 13.1 Å². The Morgan fingerprint density at radius 2 is 2.26 bits per heavy atom. The van der Waals surface area contributed by atoms with Crippen molar-refractivity contribution < 1.29 is 18.3 Å². The molecule has 1 aliphatic rings. The van der Waals surface area contributed by atoms with Crippen LogP contribution in [0.25, 0.3) is 0 Å². The molecule has 1 heterocycles. The number of hydrogen-bond donors (Lipinski definition) is 2. The predicted octanol–water partition coefficient (Wildman–Crippen LogP) is 0.436. The van der Waals surface area contributed by atoms with Crippen molar-refractivity contribution in [3.8, 4) is 0 Å². The first-order valence-electron chi connectivity index (χ1n) is 6.21. The lowest BCUT2D eigenvalue weighted by Crippen LogP contribution is -2.27. The normalized spacial score (nSPS) is 16.2. The lowest BCUT2D eigenvalue weighted by Gasteiger charge is -2.24. The third-order valence-electron chi connectivity index (χ3n) is 3.29. The Kier molecular flexibility index (Phi) is 4.20. The number of carboxylic acids is 1. The van der Waals surface area contributed by atoms with E-state index in [1.807, 2.05) is 0 Å². The number of carboxylic acid groups (broad SMARTS) is 1. The van der Waals surface area contributed by atoms with E-state index in [4.69, 9.17) is 5.11 Å². The van der Waals surface area contributed by atoms with E-state index in [0.717, 1.165) is 17.3 Å². The molecule has 1 aromatic heterocycles. The van der Waals surface area contributed by atoms with Gasteiger partial charge in [-0.05, 0) is 12.3 Å². The lowest BCUT2D eigenvalue weighted by atomic mass is 9.83. The van der Waals surface area contributed by atoms with Gasteiger partial charge in [0.05, 0.1) is 6.20 Å². The van der Waals surface area contributed by atoms with Gasteiger partial charge in [0, 0.05) is 12.7 Å². The molecule has 1 saturated carbocycles. The van der Waals surface area contributed by atoms with E-state index in [1.165, 1.54) is 25.5 Å². The molecule has 0 aromatic carbocycles. The highest BCUT2D eigenvalue weighted by Gasteiger charge is 2.20. The standard InChI is InChI=1S/C11H17N3O4S/c15-11(16)8-14-7-10(6-12-14)19(17,18)13-5-4-9-2-1-3-9/h6-7,9,13H,1-5,8H2,(H,15,16). The van der Waals surface area contributed by atoms with Crippen molar-refractivity contribution >= 4 is 16.0 Å². The minimum atomic E-state index is -3.58. The van der Waals surface area contributed by atoms with E-state index in [1.54, 1.807) is 0 Å². The number of aliphatic carboxylic acids is 1. The quantitative estimate of drug-likeness (QED) is 0.757. The Hall–Kier alpha value is -1.41. The molecular formula is C11H17N3O4S. The second-order valence-electron chi connectivity index (χ2n) is 4.75. The molecular weight excluding hydrogens is 270 g/mol. The molecule has 0 radical (unpaired) electrons. The Labute approximate surface area is 111 Å². The number of rotatable bonds is 7. The fourth-order valence-electron chi connectivity index (χ4n) is 1.97. The minimum absolute atomic E-state index is 0.00218. The van der Waals surface area contributed by atoms with Gasteiger partial charge in [-0.15, -0.1) is 0 Å². The molecule has 1 aliphatic carbocycles. The number of hydrogen-bond acceptors (Lipinski definition) is 4. The van der Waals surface area contributed by atoms with Crippen LogP contribution in [0, 0.1) is 5.92 Å². The summed E-state index contributed by atoms with van der Waals surface area (Å²) in [6.07, 6.45) is 6.83. The highest BCUT2D eigenvalue weighted by atomic mass is 32.2. The Bertz CT molecular complexity index is 548. The summed E-state index contributed by atoms with van der Waals surface area (Å²) in [6.45, 7) is 0.0642. The summed E-state index contributed by atoms with van der Waals surface area (Å²) in [6, 6.07) is 0. The molecule has 0 atom stereocenters. The average molecular weight is 287 g/mol. The van der Waals surface area contributed by atoms with E-state index in [2.05, 4.69) is 9.82 Å². The van der Waals surface area contributed by atoms with Crippen LogP contribution in [0.1, 0.15) is 25.7 Å². The summed E-state index contributed by atoms with van der Waals surface area (Å²) < 4.78 is 27.4. The van der Waals surface area contributed by atoms with E-state index in [9.17, 15) is 13.2 Å². The molecule has 106 valence electrons. The molecule has 0 saturated heterocycles. The predicted molar refractivity (Wildman–Crippen MR) is 67.0 cm³/mol. The van der Waals surface area contributed by atoms with Gasteiger partial charge in [0.2, 0.25) is 10.0 Å². The Balaban J connectivity index is 1.90. The van der Waals surface area contributed by atoms with Crippen molar-refractivity contribution in [2.75, 3.05) is 6.54 Å². The van der Waals surface area contributed by atoms with Gasteiger partial charge in [-0.2, -0.15) is 5.10 Å². The second-order valence-corrected chi connectivity index (χ2v) is 6.52. The van der Waals surface area contributed by atoms with Crippen LogP contribution in [0.4, 0.5) is 0 Å². The number of sulfonamides is 1. The first kappa shape index (κ1) is 14.0. The van der Waals surface area contributed by atoms with Gasteiger partial charge in [0.25, 0.3) is 0 Å². The Morgan fingerprint density at radius 3 is 2.84 bits per heavy atom. The molecule has 0 spiro atoms.